The van der Waals surface area contributed by atoms with Gasteiger partial charge in [0.05, 0.1) is 6.54 Å². The topological polar surface area (TPSA) is 84.4 Å². The van der Waals surface area contributed by atoms with E-state index in [4.69, 9.17) is 4.74 Å². The summed E-state index contributed by atoms with van der Waals surface area (Å²) in [7, 11) is 0. The number of likely N-dealkylation sites (tertiary alicyclic amines) is 1. The summed E-state index contributed by atoms with van der Waals surface area (Å²) in [5, 5.41) is 11.6. The van der Waals surface area contributed by atoms with Crippen molar-refractivity contribution in [2.75, 3.05) is 25.0 Å². The second-order valence-electron chi connectivity index (χ2n) is 4.11. The van der Waals surface area contributed by atoms with Crippen LogP contribution in [0.25, 0.3) is 0 Å². The zero-order valence-electron chi connectivity index (χ0n) is 10.7. The molecule has 0 spiro atoms. The van der Waals surface area contributed by atoms with E-state index in [2.05, 4.69) is 15.5 Å². The molecule has 0 saturated carbocycles. The summed E-state index contributed by atoms with van der Waals surface area (Å²) >= 11 is 1.28. The molecule has 8 heteroatoms. The number of rotatable bonds is 6. The highest BCUT2D eigenvalue weighted by Crippen LogP contribution is 2.16. The lowest BCUT2D eigenvalue weighted by Gasteiger charge is -2.13. The summed E-state index contributed by atoms with van der Waals surface area (Å²) in [6.45, 7) is 3.64. The van der Waals surface area contributed by atoms with E-state index in [1.165, 1.54) is 11.3 Å². The van der Waals surface area contributed by atoms with Gasteiger partial charge in [0, 0.05) is 19.6 Å². The molecule has 0 atom stereocenters. The molecule has 1 aromatic rings. The molecule has 1 aromatic heterocycles. The average molecular weight is 284 g/mol. The molecule has 7 nitrogen and oxygen atoms in total. The Kier molecular flexibility index (Phi) is 4.80. The van der Waals surface area contributed by atoms with E-state index in [0.29, 0.717) is 31.3 Å². The second kappa shape index (κ2) is 6.58. The van der Waals surface area contributed by atoms with Crippen molar-refractivity contribution in [3.63, 3.8) is 0 Å². The average Bonchev–Trinajstić information content (AvgIpc) is 2.97. The maximum absolute atomic E-state index is 11.7. The largest absolute Gasteiger partial charge is 0.374 e. The van der Waals surface area contributed by atoms with Crippen molar-refractivity contribution in [2.45, 2.75) is 26.4 Å². The Bertz CT molecular complexity index is 463. The lowest BCUT2D eigenvalue weighted by Crippen LogP contribution is -2.33. The number of amides is 2. The lowest BCUT2D eigenvalue weighted by atomic mass is 10.4. The molecule has 0 unspecified atom stereocenters. The number of carbonyl (C=O) groups is 2. The highest BCUT2D eigenvalue weighted by molar-refractivity contribution is 7.15. The predicted octanol–water partition coefficient (Wildman–Crippen LogP) is 0.635. The normalized spacial score (nSPS) is 15.0. The number of ether oxygens (including phenoxy) is 1. The second-order valence-corrected chi connectivity index (χ2v) is 5.17. The highest BCUT2D eigenvalue weighted by atomic mass is 32.1. The van der Waals surface area contributed by atoms with E-state index in [0.717, 1.165) is 11.4 Å². The van der Waals surface area contributed by atoms with Gasteiger partial charge in [-0.25, -0.2) is 0 Å². The smallest absolute Gasteiger partial charge is 0.245 e. The van der Waals surface area contributed by atoms with Gasteiger partial charge in [0.25, 0.3) is 0 Å². The first-order chi connectivity index (χ1) is 9.19. The number of hydrogen-bond acceptors (Lipinski definition) is 6. The monoisotopic (exact) mass is 284 g/mol. The maximum atomic E-state index is 11.7. The molecule has 1 N–H and O–H groups in total. The summed E-state index contributed by atoms with van der Waals surface area (Å²) in [5.74, 6) is -0.209. The Morgan fingerprint density at radius 2 is 2.37 bits per heavy atom. The highest BCUT2D eigenvalue weighted by Gasteiger charge is 2.22. The van der Waals surface area contributed by atoms with Crippen LogP contribution in [-0.4, -0.2) is 46.6 Å². The Hall–Kier alpha value is -1.54. The van der Waals surface area contributed by atoms with E-state index in [-0.39, 0.29) is 18.4 Å². The summed E-state index contributed by atoms with van der Waals surface area (Å²) < 4.78 is 5.20. The van der Waals surface area contributed by atoms with Crippen LogP contribution in [0.3, 0.4) is 0 Å². The zero-order chi connectivity index (χ0) is 13.7. The Morgan fingerprint density at radius 1 is 1.53 bits per heavy atom. The number of nitrogens with zero attached hydrogens (tertiary/aromatic N) is 3. The molecule has 0 radical (unpaired) electrons. The van der Waals surface area contributed by atoms with E-state index >= 15 is 0 Å². The molecule has 0 aromatic carbocycles. The minimum atomic E-state index is -0.241. The van der Waals surface area contributed by atoms with Gasteiger partial charge in [-0.1, -0.05) is 11.3 Å². The molecular weight excluding hydrogens is 268 g/mol. The molecule has 1 aliphatic rings. The quantitative estimate of drug-likeness (QED) is 0.828. The van der Waals surface area contributed by atoms with Crippen molar-refractivity contribution < 1.29 is 14.3 Å². The van der Waals surface area contributed by atoms with Gasteiger partial charge >= 0.3 is 0 Å². The number of nitrogens with one attached hydrogen (secondary N) is 1. The van der Waals surface area contributed by atoms with Gasteiger partial charge in [0.2, 0.25) is 16.9 Å². The summed E-state index contributed by atoms with van der Waals surface area (Å²) in [6, 6.07) is 0. The van der Waals surface area contributed by atoms with E-state index < -0.39 is 0 Å². The van der Waals surface area contributed by atoms with Gasteiger partial charge < -0.3 is 9.64 Å². The van der Waals surface area contributed by atoms with Crippen LogP contribution in [0.2, 0.25) is 0 Å². The molecule has 104 valence electrons. The summed E-state index contributed by atoms with van der Waals surface area (Å²) in [5.41, 5.74) is 0. The first-order valence-electron chi connectivity index (χ1n) is 6.16. The summed E-state index contributed by atoms with van der Waals surface area (Å²) in [6.07, 6.45) is 1.36. The third-order valence-electron chi connectivity index (χ3n) is 2.65. The van der Waals surface area contributed by atoms with Crippen LogP contribution in [0.4, 0.5) is 5.13 Å². The van der Waals surface area contributed by atoms with Gasteiger partial charge in [-0.15, -0.1) is 10.2 Å². The first-order valence-corrected chi connectivity index (χ1v) is 6.98. The predicted molar refractivity (Wildman–Crippen MR) is 69.7 cm³/mol. The molecule has 0 bridgehead atoms. The standard InChI is InChI=1S/C11H16N4O3S/c1-2-18-7-9-13-14-11(19-9)12-8(16)6-15-5-3-4-10(15)17/h2-7H2,1H3,(H,12,14,16). The number of aromatic nitrogens is 2. The third kappa shape index (κ3) is 3.97. The van der Waals surface area contributed by atoms with E-state index in [1.807, 2.05) is 6.92 Å². The molecule has 2 amide bonds. The first kappa shape index (κ1) is 13.9. The SMILES string of the molecule is CCOCc1nnc(NC(=O)CN2CCCC2=O)s1. The van der Waals surface area contributed by atoms with Gasteiger partial charge in [0.1, 0.15) is 11.6 Å². The van der Waals surface area contributed by atoms with Crippen molar-refractivity contribution in [1.82, 2.24) is 15.1 Å². The van der Waals surface area contributed by atoms with Crippen molar-refractivity contribution in [3.05, 3.63) is 5.01 Å². The number of carbonyl (C=O) groups excluding carboxylic acids is 2. The van der Waals surface area contributed by atoms with Crippen LogP contribution in [0.1, 0.15) is 24.8 Å². The molecular formula is C11H16N4O3S. The van der Waals surface area contributed by atoms with Crippen molar-refractivity contribution in [3.8, 4) is 0 Å². The van der Waals surface area contributed by atoms with E-state index in [1.54, 1.807) is 4.90 Å². The Labute approximate surface area is 115 Å². The third-order valence-corrected chi connectivity index (χ3v) is 3.46. The van der Waals surface area contributed by atoms with Gasteiger partial charge in [-0.2, -0.15) is 0 Å². The van der Waals surface area contributed by atoms with Crippen molar-refractivity contribution in [2.24, 2.45) is 0 Å². The Balaban J connectivity index is 1.81. The van der Waals surface area contributed by atoms with Crippen LogP contribution in [0, 0.1) is 0 Å². The van der Waals surface area contributed by atoms with Gasteiger partial charge in [-0.3, -0.25) is 14.9 Å². The van der Waals surface area contributed by atoms with E-state index in [9.17, 15) is 9.59 Å². The van der Waals surface area contributed by atoms with Crippen LogP contribution < -0.4 is 5.32 Å². The van der Waals surface area contributed by atoms with Crippen LogP contribution in [0.5, 0.6) is 0 Å². The van der Waals surface area contributed by atoms with Crippen LogP contribution in [-0.2, 0) is 20.9 Å². The maximum Gasteiger partial charge on any atom is 0.245 e. The molecule has 1 fully saturated rings. The van der Waals surface area contributed by atoms with Gasteiger partial charge in [0.15, 0.2) is 0 Å². The minimum absolute atomic E-state index is 0.0319. The Morgan fingerprint density at radius 3 is 3.05 bits per heavy atom. The zero-order valence-corrected chi connectivity index (χ0v) is 11.5. The van der Waals surface area contributed by atoms with Gasteiger partial charge in [-0.05, 0) is 13.3 Å². The van der Waals surface area contributed by atoms with Crippen molar-refractivity contribution in [1.29, 1.82) is 0 Å². The fraction of sp³-hybridized carbons (Fsp3) is 0.636. The van der Waals surface area contributed by atoms with Crippen molar-refractivity contribution >= 4 is 28.3 Å². The molecule has 1 aliphatic heterocycles. The number of hydrogen-bond donors (Lipinski definition) is 1. The van der Waals surface area contributed by atoms with Crippen LogP contribution in [0.15, 0.2) is 0 Å². The lowest BCUT2D eigenvalue weighted by molar-refractivity contribution is -0.131. The molecule has 1 saturated heterocycles. The summed E-state index contributed by atoms with van der Waals surface area (Å²) in [4.78, 5) is 24.7. The molecule has 19 heavy (non-hydrogen) atoms. The molecule has 2 heterocycles. The van der Waals surface area contributed by atoms with Crippen LogP contribution >= 0.6 is 11.3 Å². The fourth-order valence-electron chi connectivity index (χ4n) is 1.76. The fourth-order valence-corrected chi connectivity index (χ4v) is 2.45. The molecule has 0 aliphatic carbocycles. The molecule has 2 rings (SSSR count). The minimum Gasteiger partial charge on any atom is -0.374 e. The number of anilines is 1.